The third kappa shape index (κ3) is 5.79. The molecule has 1 aliphatic heterocycles. The fourth-order valence-electron chi connectivity index (χ4n) is 3.52. The van der Waals surface area contributed by atoms with E-state index in [-0.39, 0.29) is 6.61 Å². The summed E-state index contributed by atoms with van der Waals surface area (Å²) >= 11 is 0. The highest BCUT2D eigenvalue weighted by molar-refractivity contribution is 5.14. The number of azide groups is 1. The van der Waals surface area contributed by atoms with Crippen molar-refractivity contribution >= 4 is 0 Å². The first-order chi connectivity index (χ1) is 14.8. The second-order valence-electron chi connectivity index (χ2n) is 6.94. The number of rotatable bonds is 11. The van der Waals surface area contributed by atoms with Crippen LogP contribution in [-0.2, 0) is 36.9 Å². The molecule has 0 N–H and O–H groups in total. The Morgan fingerprint density at radius 2 is 1.57 bits per heavy atom. The molecule has 4 atom stereocenters. The minimum absolute atomic E-state index is 0.280. The maximum Gasteiger partial charge on any atom is 0.183 e. The highest BCUT2D eigenvalue weighted by atomic mass is 16.7. The largest absolute Gasteiger partial charge is 0.374 e. The van der Waals surface area contributed by atoms with Crippen LogP contribution in [0.3, 0.4) is 0 Å². The first-order valence-corrected chi connectivity index (χ1v) is 9.79. The maximum absolute atomic E-state index is 9.12. The number of hydrogen-bond donors (Lipinski definition) is 0. The quantitative estimate of drug-likeness (QED) is 0.241. The Hall–Kier alpha value is -2.45. The van der Waals surface area contributed by atoms with Crippen LogP contribution in [0.15, 0.2) is 65.8 Å². The molecule has 8 nitrogen and oxygen atoms in total. The molecule has 1 saturated heterocycles. The molecule has 0 bridgehead atoms. The van der Waals surface area contributed by atoms with E-state index in [9.17, 15) is 0 Å². The predicted molar refractivity (Wildman–Crippen MR) is 111 cm³/mol. The molecule has 8 heteroatoms. The van der Waals surface area contributed by atoms with Gasteiger partial charge < -0.3 is 23.7 Å². The van der Waals surface area contributed by atoms with Gasteiger partial charge in [-0.05, 0) is 16.7 Å². The molecule has 0 radical (unpaired) electrons. The molecule has 160 valence electrons. The summed E-state index contributed by atoms with van der Waals surface area (Å²) in [5, 5.41) is 3.95. The summed E-state index contributed by atoms with van der Waals surface area (Å²) in [6, 6.07) is 19.1. The molecule has 0 amide bonds. The number of benzene rings is 2. The second-order valence-corrected chi connectivity index (χ2v) is 6.94. The number of nitrogens with zero attached hydrogens (tertiary/aromatic N) is 3. The van der Waals surface area contributed by atoms with Gasteiger partial charge in [0.2, 0.25) is 0 Å². The highest BCUT2D eigenvalue weighted by Crippen LogP contribution is 2.31. The van der Waals surface area contributed by atoms with Crippen LogP contribution in [0.5, 0.6) is 0 Å². The van der Waals surface area contributed by atoms with E-state index in [2.05, 4.69) is 10.0 Å². The lowest BCUT2D eigenvalue weighted by Crippen LogP contribution is -2.40. The van der Waals surface area contributed by atoms with Gasteiger partial charge in [0.25, 0.3) is 0 Å². The van der Waals surface area contributed by atoms with Gasteiger partial charge in [-0.2, -0.15) is 0 Å². The zero-order valence-electron chi connectivity index (χ0n) is 17.2. The van der Waals surface area contributed by atoms with Gasteiger partial charge in [0.1, 0.15) is 12.2 Å². The van der Waals surface area contributed by atoms with Crippen molar-refractivity contribution in [3.63, 3.8) is 0 Å². The molecule has 1 aliphatic rings. The molecular weight excluding hydrogens is 386 g/mol. The van der Waals surface area contributed by atoms with E-state index in [1.54, 1.807) is 0 Å². The van der Waals surface area contributed by atoms with Gasteiger partial charge in [-0.1, -0.05) is 65.8 Å². The Balaban J connectivity index is 1.72. The summed E-state index contributed by atoms with van der Waals surface area (Å²) in [6.07, 6.45) is -2.25. The van der Waals surface area contributed by atoms with Gasteiger partial charge in [-0.3, -0.25) is 0 Å². The van der Waals surface area contributed by atoms with E-state index in [0.29, 0.717) is 13.2 Å². The smallest absolute Gasteiger partial charge is 0.183 e. The highest BCUT2D eigenvalue weighted by Gasteiger charge is 2.48. The first-order valence-electron chi connectivity index (χ1n) is 9.79. The number of ether oxygens (including phenoxy) is 5. The van der Waals surface area contributed by atoms with Crippen molar-refractivity contribution in [1.29, 1.82) is 0 Å². The van der Waals surface area contributed by atoms with Crippen LogP contribution in [0.4, 0.5) is 0 Å². The van der Waals surface area contributed by atoms with Crippen LogP contribution in [0.25, 0.3) is 10.4 Å². The summed E-state index contributed by atoms with van der Waals surface area (Å²) < 4.78 is 28.9. The lowest BCUT2D eigenvalue weighted by atomic mass is 10.0. The topological polar surface area (TPSA) is 94.9 Å². The molecule has 0 aromatic heterocycles. The molecular formula is C22H27N3O5. The van der Waals surface area contributed by atoms with E-state index in [0.717, 1.165) is 11.1 Å². The summed E-state index contributed by atoms with van der Waals surface area (Å²) in [6.45, 7) is 1.09. The van der Waals surface area contributed by atoms with Crippen molar-refractivity contribution in [3.8, 4) is 0 Å². The van der Waals surface area contributed by atoms with Crippen molar-refractivity contribution < 1.29 is 23.7 Å². The Kier molecular flexibility index (Phi) is 8.65. The Morgan fingerprint density at radius 1 is 0.967 bits per heavy atom. The van der Waals surface area contributed by atoms with Crippen LogP contribution >= 0.6 is 0 Å². The standard InChI is InChI=1S/C22H27N3O5/c1-26-22(27-2)21-19(24-25-23)20(29-14-17-11-7-4-8-12-17)18(30-21)15-28-13-16-9-5-3-6-10-16/h3-12,18-22H,13-15H2,1-2H3/t18-,19-,20-,21+/m1/s1. The molecule has 0 unspecified atom stereocenters. The fraction of sp³-hybridized carbons (Fsp3) is 0.455. The van der Waals surface area contributed by atoms with Crippen molar-refractivity contribution in [2.24, 2.45) is 5.11 Å². The van der Waals surface area contributed by atoms with E-state index < -0.39 is 30.6 Å². The SMILES string of the molecule is COC(OC)[C@H]1O[C@H](COCc2ccccc2)[C@@H](OCc2ccccc2)[C@H]1N=[N+]=[N-]. The molecule has 1 heterocycles. The summed E-state index contributed by atoms with van der Waals surface area (Å²) in [4.78, 5) is 3.00. The maximum atomic E-state index is 9.12. The van der Waals surface area contributed by atoms with Crippen molar-refractivity contribution in [3.05, 3.63) is 82.2 Å². The van der Waals surface area contributed by atoms with Gasteiger partial charge >= 0.3 is 0 Å². The van der Waals surface area contributed by atoms with Crippen LogP contribution in [-0.4, -0.2) is 51.5 Å². The molecule has 1 fully saturated rings. The summed E-state index contributed by atoms with van der Waals surface area (Å²) in [5.41, 5.74) is 11.2. The normalized spacial score (nSPS) is 23.4. The lowest BCUT2D eigenvalue weighted by Gasteiger charge is -2.24. The molecule has 0 aliphatic carbocycles. The number of methoxy groups -OCH3 is 2. The first kappa shape index (κ1) is 22.2. The van der Waals surface area contributed by atoms with E-state index in [4.69, 9.17) is 29.2 Å². The van der Waals surface area contributed by atoms with E-state index >= 15 is 0 Å². The molecule has 2 aromatic carbocycles. The van der Waals surface area contributed by atoms with Crippen LogP contribution in [0.2, 0.25) is 0 Å². The van der Waals surface area contributed by atoms with Gasteiger partial charge in [-0.25, -0.2) is 0 Å². The lowest BCUT2D eigenvalue weighted by molar-refractivity contribution is -0.183. The third-order valence-corrected chi connectivity index (χ3v) is 4.97. The van der Waals surface area contributed by atoms with Crippen molar-refractivity contribution in [2.75, 3.05) is 20.8 Å². The monoisotopic (exact) mass is 413 g/mol. The van der Waals surface area contributed by atoms with Crippen LogP contribution in [0.1, 0.15) is 11.1 Å². The van der Waals surface area contributed by atoms with Crippen LogP contribution < -0.4 is 0 Å². The zero-order chi connectivity index (χ0) is 21.2. The zero-order valence-corrected chi connectivity index (χ0v) is 17.2. The Morgan fingerprint density at radius 3 is 2.13 bits per heavy atom. The second kappa shape index (κ2) is 11.7. The van der Waals surface area contributed by atoms with Crippen molar-refractivity contribution in [1.82, 2.24) is 0 Å². The molecule has 0 saturated carbocycles. The van der Waals surface area contributed by atoms with E-state index in [1.807, 2.05) is 60.7 Å². The van der Waals surface area contributed by atoms with Crippen LogP contribution in [0, 0.1) is 0 Å². The van der Waals surface area contributed by atoms with Gasteiger partial charge in [0, 0.05) is 19.1 Å². The Bertz CT molecular complexity index is 797. The number of hydrogen-bond acceptors (Lipinski definition) is 6. The molecule has 30 heavy (non-hydrogen) atoms. The average molecular weight is 413 g/mol. The van der Waals surface area contributed by atoms with E-state index in [1.165, 1.54) is 14.2 Å². The predicted octanol–water partition coefficient (Wildman–Crippen LogP) is 3.85. The van der Waals surface area contributed by atoms with Gasteiger partial charge in [0.05, 0.1) is 32.0 Å². The molecule has 0 spiro atoms. The summed E-state index contributed by atoms with van der Waals surface area (Å²) in [5.74, 6) is 0. The average Bonchev–Trinajstić information content (AvgIpc) is 3.12. The third-order valence-electron chi connectivity index (χ3n) is 4.97. The minimum Gasteiger partial charge on any atom is -0.374 e. The van der Waals surface area contributed by atoms with Gasteiger partial charge in [-0.15, -0.1) is 0 Å². The Labute approximate surface area is 176 Å². The fourth-order valence-corrected chi connectivity index (χ4v) is 3.52. The molecule has 3 rings (SSSR count). The van der Waals surface area contributed by atoms with Gasteiger partial charge in [0.15, 0.2) is 6.29 Å². The minimum atomic E-state index is -0.692. The van der Waals surface area contributed by atoms with Crippen molar-refractivity contribution in [2.45, 2.75) is 43.9 Å². The summed E-state index contributed by atoms with van der Waals surface area (Å²) in [7, 11) is 3.04. The molecule has 2 aromatic rings.